The number of amides is 1. The summed E-state index contributed by atoms with van der Waals surface area (Å²) in [5.74, 6) is 0.128. The minimum absolute atomic E-state index is 0.0454. The molecule has 0 aliphatic carbocycles. The number of carbonyl (C=O) groups excluding carboxylic acids is 1. The number of methoxy groups -OCH3 is 1. The van der Waals surface area contributed by atoms with Gasteiger partial charge in [-0.1, -0.05) is 29.5 Å². The van der Waals surface area contributed by atoms with Crippen LogP contribution < -0.4 is 4.90 Å². The molecule has 2 atom stereocenters. The smallest absolute Gasteiger partial charge is 0.246 e. The minimum atomic E-state index is -0.355. The van der Waals surface area contributed by atoms with E-state index in [4.69, 9.17) is 9.72 Å². The lowest BCUT2D eigenvalue weighted by Crippen LogP contribution is -2.67. The van der Waals surface area contributed by atoms with Crippen molar-refractivity contribution in [1.29, 1.82) is 5.26 Å². The number of nitriles is 1. The molecule has 4 heterocycles. The fourth-order valence-electron chi connectivity index (χ4n) is 7.13. The number of benzene rings is 2. The van der Waals surface area contributed by atoms with Gasteiger partial charge < -0.3 is 19.4 Å². The van der Waals surface area contributed by atoms with E-state index in [1.807, 2.05) is 49.7 Å². The average Bonchev–Trinajstić information content (AvgIpc) is 3.47. The maximum atomic E-state index is 17.0. The summed E-state index contributed by atoms with van der Waals surface area (Å²) in [6.45, 7) is 10.5. The van der Waals surface area contributed by atoms with E-state index in [9.17, 15) is 10.1 Å². The Labute approximate surface area is 275 Å². The first-order valence-corrected chi connectivity index (χ1v) is 16.2. The van der Waals surface area contributed by atoms with Gasteiger partial charge in [0.1, 0.15) is 11.0 Å². The lowest BCUT2D eigenvalue weighted by atomic mass is 9.90. The molecule has 2 aliphatic heterocycles. The summed E-state index contributed by atoms with van der Waals surface area (Å²) >= 11 is 0. The number of aromatic nitrogens is 4. The predicted octanol–water partition coefficient (Wildman–Crippen LogP) is 5.50. The second kappa shape index (κ2) is 12.7. The molecule has 10 nitrogen and oxygen atoms in total. The Balaban J connectivity index is 1.50. The van der Waals surface area contributed by atoms with Crippen LogP contribution in [0.25, 0.3) is 33.1 Å². The van der Waals surface area contributed by atoms with Crippen LogP contribution >= 0.6 is 0 Å². The topological polar surface area (TPSA) is 103 Å². The van der Waals surface area contributed by atoms with Gasteiger partial charge in [0.2, 0.25) is 5.91 Å². The zero-order valence-electron chi connectivity index (χ0n) is 28.3. The molecule has 0 bridgehead atoms. The van der Waals surface area contributed by atoms with Crippen molar-refractivity contribution in [2.45, 2.75) is 64.6 Å². The molecule has 1 amide bonds. The van der Waals surface area contributed by atoms with Crippen molar-refractivity contribution in [3.8, 4) is 17.2 Å². The summed E-state index contributed by atoms with van der Waals surface area (Å²) in [4.78, 5) is 24.2. The van der Waals surface area contributed by atoms with E-state index in [0.29, 0.717) is 53.8 Å². The molecule has 2 aliphatic rings. The molecule has 4 aromatic rings. The molecule has 6 rings (SSSR count). The van der Waals surface area contributed by atoms with Crippen LogP contribution in [0, 0.1) is 37.9 Å². The molecule has 0 unspecified atom stereocenters. The molecule has 2 aromatic heterocycles. The molecule has 47 heavy (non-hydrogen) atoms. The van der Waals surface area contributed by atoms with Gasteiger partial charge in [-0.2, -0.15) is 5.26 Å². The number of hydrogen-bond acceptors (Lipinski definition) is 8. The predicted molar refractivity (Wildman–Crippen MR) is 182 cm³/mol. The van der Waals surface area contributed by atoms with Crippen molar-refractivity contribution < 1.29 is 13.9 Å². The van der Waals surface area contributed by atoms with Crippen LogP contribution in [0.4, 0.5) is 10.2 Å². The highest BCUT2D eigenvalue weighted by Crippen LogP contribution is 2.42. The second-order valence-corrected chi connectivity index (χ2v) is 13.5. The number of fused-ring (bicyclic) bond motifs is 3. The molecule has 11 heteroatoms. The molecule has 0 radical (unpaired) electrons. The van der Waals surface area contributed by atoms with Gasteiger partial charge >= 0.3 is 0 Å². The van der Waals surface area contributed by atoms with Gasteiger partial charge in [0.05, 0.1) is 30.7 Å². The van der Waals surface area contributed by atoms with Gasteiger partial charge in [0.15, 0.2) is 17.2 Å². The first-order valence-electron chi connectivity index (χ1n) is 16.2. The zero-order chi connectivity index (χ0) is 33.6. The summed E-state index contributed by atoms with van der Waals surface area (Å²) in [5.41, 5.74) is 5.97. The Morgan fingerprint density at radius 2 is 1.98 bits per heavy atom. The Bertz CT molecular complexity index is 1920. The van der Waals surface area contributed by atoms with Crippen molar-refractivity contribution in [2.24, 2.45) is 0 Å². The third kappa shape index (κ3) is 5.63. The van der Waals surface area contributed by atoms with Gasteiger partial charge in [0, 0.05) is 49.8 Å². The molecule has 0 N–H and O–H groups in total. The Hall–Kier alpha value is -4.40. The lowest BCUT2D eigenvalue weighted by molar-refractivity contribution is -0.130. The van der Waals surface area contributed by atoms with Gasteiger partial charge in [-0.25, -0.2) is 14.1 Å². The van der Waals surface area contributed by atoms with E-state index in [1.54, 1.807) is 18.1 Å². The number of carbonyl (C=O) groups is 1. The van der Waals surface area contributed by atoms with Crippen LogP contribution in [0.1, 0.15) is 48.9 Å². The van der Waals surface area contributed by atoms with Crippen LogP contribution in [0.5, 0.6) is 0 Å². The zero-order valence-corrected chi connectivity index (χ0v) is 28.3. The van der Waals surface area contributed by atoms with Crippen LogP contribution in [0.3, 0.4) is 0 Å². The fraction of sp³-hybridized carbons (Fsp3) is 0.472. The van der Waals surface area contributed by atoms with Crippen LogP contribution in [0.2, 0.25) is 0 Å². The SMILES string of the molecule is COC/C=C/C(=O)N1CC[C@H](n2nnc3c(N4CC(C)(N(C)C)C4)nc4c(F)c(-c5cccc(C)c5C)c(C)cc4c32)C[C@H]1CC#N. The van der Waals surface area contributed by atoms with Crippen molar-refractivity contribution in [3.63, 3.8) is 0 Å². The maximum absolute atomic E-state index is 17.0. The number of piperidine rings is 1. The Kier molecular flexibility index (Phi) is 8.76. The van der Waals surface area contributed by atoms with Gasteiger partial charge in [0.25, 0.3) is 0 Å². The maximum Gasteiger partial charge on any atom is 0.246 e. The van der Waals surface area contributed by atoms with E-state index in [2.05, 4.69) is 47.2 Å². The quantitative estimate of drug-likeness (QED) is 0.233. The largest absolute Gasteiger partial charge is 0.381 e. The molecular formula is C36H43FN8O2. The highest BCUT2D eigenvalue weighted by atomic mass is 19.1. The van der Waals surface area contributed by atoms with E-state index < -0.39 is 0 Å². The molecule has 2 saturated heterocycles. The first-order chi connectivity index (χ1) is 22.5. The summed E-state index contributed by atoms with van der Waals surface area (Å²) in [6, 6.07) is 9.81. The second-order valence-electron chi connectivity index (χ2n) is 13.5. The number of likely N-dealkylation sites (tertiary alicyclic amines) is 1. The number of nitrogens with zero attached hydrogens (tertiary/aromatic N) is 8. The number of anilines is 1. The fourth-order valence-corrected chi connectivity index (χ4v) is 7.13. The summed E-state index contributed by atoms with van der Waals surface area (Å²) in [7, 11) is 5.71. The third-order valence-electron chi connectivity index (χ3n) is 10.3. The van der Waals surface area contributed by atoms with Crippen molar-refractivity contribution in [1.82, 2.24) is 29.8 Å². The molecule has 2 fully saturated rings. The summed E-state index contributed by atoms with van der Waals surface area (Å²) < 4.78 is 23.9. The standard InChI is InChI=1S/C36H43FN8O2/c1-22-10-8-11-27(24(22)3)30-23(2)18-28-32(31(30)37)39-35(43-20-36(4,21-43)42(5)6)33-34(28)45(41-40-33)26-14-16-44(25(19-26)13-15-38)29(46)12-9-17-47-7/h8-12,18,25-26H,13-14,16-17,19-21H2,1-7H3/b12-9+/t25-,26+/m1/s1. The molecule has 246 valence electrons. The number of halogens is 1. The first kappa shape index (κ1) is 32.5. The molecule has 0 saturated carbocycles. The van der Waals surface area contributed by atoms with E-state index in [0.717, 1.165) is 40.9 Å². The Morgan fingerprint density at radius 1 is 1.21 bits per heavy atom. The van der Waals surface area contributed by atoms with Crippen molar-refractivity contribution >= 4 is 33.7 Å². The monoisotopic (exact) mass is 638 g/mol. The van der Waals surface area contributed by atoms with Crippen LogP contribution in [-0.2, 0) is 9.53 Å². The van der Waals surface area contributed by atoms with Crippen LogP contribution in [0.15, 0.2) is 36.4 Å². The van der Waals surface area contributed by atoms with Gasteiger partial charge in [-0.15, -0.1) is 5.10 Å². The minimum Gasteiger partial charge on any atom is -0.381 e. The molecule has 2 aromatic carbocycles. The van der Waals surface area contributed by atoms with Crippen molar-refractivity contribution in [3.05, 3.63) is 58.9 Å². The van der Waals surface area contributed by atoms with Gasteiger partial charge in [-0.05, 0) is 83.0 Å². The number of aryl methyl sites for hydroxylation is 2. The molecule has 0 spiro atoms. The van der Waals surface area contributed by atoms with E-state index in [1.165, 1.54) is 6.08 Å². The number of ether oxygens (including phenoxy) is 1. The highest BCUT2D eigenvalue weighted by molar-refractivity contribution is 6.08. The molecular weight excluding hydrogens is 595 g/mol. The Morgan fingerprint density at radius 3 is 2.68 bits per heavy atom. The normalized spacial score (nSPS) is 19.6. The van der Waals surface area contributed by atoms with Crippen LogP contribution in [-0.4, -0.2) is 94.7 Å². The number of rotatable bonds is 8. The average molecular weight is 639 g/mol. The van der Waals surface area contributed by atoms with Crippen molar-refractivity contribution in [2.75, 3.05) is 52.3 Å². The summed E-state index contributed by atoms with van der Waals surface area (Å²) in [5, 5.41) is 19.7. The number of hydrogen-bond donors (Lipinski definition) is 0. The van der Waals surface area contributed by atoms with E-state index in [-0.39, 0.29) is 35.8 Å². The van der Waals surface area contributed by atoms with Gasteiger partial charge in [-0.3, -0.25) is 4.79 Å². The summed E-state index contributed by atoms with van der Waals surface area (Å²) in [6.07, 6.45) is 4.54. The number of likely N-dealkylation sites (N-methyl/N-ethyl adjacent to an activating group) is 1. The lowest BCUT2D eigenvalue weighted by Gasteiger charge is -2.52. The number of pyridine rings is 1. The van der Waals surface area contributed by atoms with E-state index >= 15 is 4.39 Å². The third-order valence-corrected chi connectivity index (χ3v) is 10.3. The highest BCUT2D eigenvalue weighted by Gasteiger charge is 2.43.